The van der Waals surface area contributed by atoms with Gasteiger partial charge >= 0.3 is 0 Å². The molecule has 0 spiro atoms. The molecule has 0 saturated carbocycles. The fourth-order valence-corrected chi connectivity index (χ4v) is 2.48. The number of piperazine rings is 1. The van der Waals surface area contributed by atoms with E-state index in [1.54, 1.807) is 30.9 Å². The zero-order chi connectivity index (χ0) is 14.9. The molecule has 0 aromatic heterocycles. The van der Waals surface area contributed by atoms with Crippen LogP contribution in [0.5, 0.6) is 0 Å². The summed E-state index contributed by atoms with van der Waals surface area (Å²) in [4.78, 5) is 27.2. The van der Waals surface area contributed by atoms with Gasteiger partial charge in [-0.2, -0.15) is 0 Å². The van der Waals surface area contributed by atoms with E-state index in [2.05, 4.69) is 0 Å². The zero-order valence-corrected chi connectivity index (χ0v) is 12.0. The van der Waals surface area contributed by atoms with E-state index in [1.807, 2.05) is 6.92 Å². The molecule has 0 radical (unpaired) electrons. The Morgan fingerprint density at radius 3 is 2.75 bits per heavy atom. The van der Waals surface area contributed by atoms with Gasteiger partial charge in [-0.25, -0.2) is 4.39 Å². The molecule has 1 saturated heterocycles. The third-order valence-electron chi connectivity index (χ3n) is 3.67. The number of benzene rings is 1. The van der Waals surface area contributed by atoms with Gasteiger partial charge in [-0.1, -0.05) is 13.0 Å². The molecule has 108 valence electrons. The van der Waals surface area contributed by atoms with Crippen molar-refractivity contribution in [1.29, 1.82) is 0 Å². The van der Waals surface area contributed by atoms with Gasteiger partial charge in [0.05, 0.1) is 5.69 Å². The Labute approximate surface area is 118 Å². The number of rotatable bonds is 2. The number of anilines is 1. The van der Waals surface area contributed by atoms with Crippen LogP contribution >= 0.6 is 0 Å². The second kappa shape index (κ2) is 5.61. The van der Waals surface area contributed by atoms with E-state index in [1.165, 1.54) is 11.0 Å². The second-order valence-electron chi connectivity index (χ2n) is 5.06. The van der Waals surface area contributed by atoms with E-state index in [9.17, 15) is 14.0 Å². The molecule has 2 amide bonds. The molecule has 0 aliphatic carbocycles. The Kier molecular flexibility index (Phi) is 4.06. The van der Waals surface area contributed by atoms with Crippen LogP contribution < -0.4 is 4.90 Å². The molecule has 1 aromatic carbocycles. The number of amides is 2. The van der Waals surface area contributed by atoms with Gasteiger partial charge in [-0.05, 0) is 31.5 Å². The lowest BCUT2D eigenvalue weighted by atomic mass is 10.1. The number of carbonyl (C=O) groups excluding carboxylic acids is 2. The molecular formula is C15H19FN2O2. The van der Waals surface area contributed by atoms with Crippen LogP contribution in [-0.4, -0.2) is 35.8 Å². The number of halogens is 1. The normalized spacial score (nSPS) is 19.4. The number of hydrogen-bond donors (Lipinski definition) is 0. The van der Waals surface area contributed by atoms with Crippen molar-refractivity contribution in [2.75, 3.05) is 18.0 Å². The summed E-state index contributed by atoms with van der Waals surface area (Å²) >= 11 is 0. The van der Waals surface area contributed by atoms with Crippen molar-refractivity contribution in [3.8, 4) is 0 Å². The highest BCUT2D eigenvalue weighted by molar-refractivity contribution is 6.00. The van der Waals surface area contributed by atoms with Crippen LogP contribution in [0.2, 0.25) is 0 Å². The highest BCUT2D eigenvalue weighted by Crippen LogP contribution is 2.25. The van der Waals surface area contributed by atoms with Crippen molar-refractivity contribution in [2.24, 2.45) is 0 Å². The summed E-state index contributed by atoms with van der Waals surface area (Å²) < 4.78 is 13.9. The SMILES string of the molecule is CCC(=O)N1CCN(c2cc(C)ccc2F)C(=O)[C@H]1C. The predicted molar refractivity (Wildman–Crippen MR) is 75.0 cm³/mol. The first kappa shape index (κ1) is 14.5. The molecule has 5 heteroatoms. The summed E-state index contributed by atoms with van der Waals surface area (Å²) in [6.07, 6.45) is 0.371. The molecule has 0 N–H and O–H groups in total. The minimum Gasteiger partial charge on any atom is -0.329 e. The lowest BCUT2D eigenvalue weighted by Gasteiger charge is -2.39. The van der Waals surface area contributed by atoms with Gasteiger partial charge in [0.25, 0.3) is 0 Å². The predicted octanol–water partition coefficient (Wildman–Crippen LogP) is 2.11. The first-order chi connectivity index (χ1) is 9.45. The largest absolute Gasteiger partial charge is 0.329 e. The van der Waals surface area contributed by atoms with Crippen molar-refractivity contribution in [3.05, 3.63) is 29.6 Å². The molecule has 1 aliphatic rings. The number of nitrogens with zero attached hydrogens (tertiary/aromatic N) is 2. The van der Waals surface area contributed by atoms with Gasteiger partial charge < -0.3 is 9.80 Å². The third-order valence-corrected chi connectivity index (χ3v) is 3.67. The lowest BCUT2D eigenvalue weighted by molar-refractivity contribution is -0.140. The Morgan fingerprint density at radius 2 is 2.10 bits per heavy atom. The number of carbonyl (C=O) groups is 2. The van der Waals surface area contributed by atoms with E-state index in [4.69, 9.17) is 0 Å². The van der Waals surface area contributed by atoms with Crippen LogP contribution in [0.4, 0.5) is 10.1 Å². The zero-order valence-electron chi connectivity index (χ0n) is 12.0. The molecule has 1 aliphatic heterocycles. The first-order valence-corrected chi connectivity index (χ1v) is 6.82. The van der Waals surface area contributed by atoms with Gasteiger partial charge in [0, 0.05) is 19.5 Å². The maximum atomic E-state index is 13.9. The molecule has 2 rings (SSSR count). The molecule has 20 heavy (non-hydrogen) atoms. The highest BCUT2D eigenvalue weighted by Gasteiger charge is 2.35. The fourth-order valence-electron chi connectivity index (χ4n) is 2.48. The van der Waals surface area contributed by atoms with Crippen molar-refractivity contribution in [3.63, 3.8) is 0 Å². The Morgan fingerprint density at radius 1 is 1.40 bits per heavy atom. The average Bonchev–Trinajstić information content (AvgIpc) is 2.44. The summed E-state index contributed by atoms with van der Waals surface area (Å²) in [7, 11) is 0. The quantitative estimate of drug-likeness (QED) is 0.831. The van der Waals surface area contributed by atoms with Crippen LogP contribution in [0.15, 0.2) is 18.2 Å². The highest BCUT2D eigenvalue weighted by atomic mass is 19.1. The summed E-state index contributed by atoms with van der Waals surface area (Å²) in [6, 6.07) is 4.16. The van der Waals surface area contributed by atoms with Gasteiger partial charge in [0.1, 0.15) is 11.9 Å². The van der Waals surface area contributed by atoms with Crippen molar-refractivity contribution < 1.29 is 14.0 Å². The van der Waals surface area contributed by atoms with Crippen molar-refractivity contribution in [1.82, 2.24) is 4.90 Å². The van der Waals surface area contributed by atoms with E-state index in [0.717, 1.165) is 5.56 Å². The molecule has 1 fully saturated rings. The molecule has 4 nitrogen and oxygen atoms in total. The molecule has 1 heterocycles. The van der Waals surface area contributed by atoms with Gasteiger partial charge in [-0.3, -0.25) is 9.59 Å². The molecular weight excluding hydrogens is 259 g/mol. The summed E-state index contributed by atoms with van der Waals surface area (Å²) in [5.41, 5.74) is 1.19. The molecule has 0 bridgehead atoms. The van der Waals surface area contributed by atoms with E-state index < -0.39 is 11.9 Å². The Bertz CT molecular complexity index is 545. The topological polar surface area (TPSA) is 40.6 Å². The van der Waals surface area contributed by atoms with Crippen LogP contribution in [0.1, 0.15) is 25.8 Å². The molecule has 1 aromatic rings. The van der Waals surface area contributed by atoms with E-state index in [0.29, 0.717) is 25.2 Å². The van der Waals surface area contributed by atoms with Crippen LogP contribution in [0.25, 0.3) is 0 Å². The van der Waals surface area contributed by atoms with Gasteiger partial charge in [0.2, 0.25) is 11.8 Å². The monoisotopic (exact) mass is 278 g/mol. The van der Waals surface area contributed by atoms with Crippen molar-refractivity contribution >= 4 is 17.5 Å². The Balaban J connectivity index is 2.27. The second-order valence-corrected chi connectivity index (χ2v) is 5.06. The minimum absolute atomic E-state index is 0.0461. The first-order valence-electron chi connectivity index (χ1n) is 6.82. The standard InChI is InChI=1S/C15H19FN2O2/c1-4-14(19)17-7-8-18(15(20)11(17)3)13-9-10(2)5-6-12(13)16/h5-6,9,11H,4,7-8H2,1-3H3/t11-/m1/s1. The van der Waals surface area contributed by atoms with Gasteiger partial charge in [-0.15, -0.1) is 0 Å². The minimum atomic E-state index is -0.545. The van der Waals surface area contributed by atoms with E-state index in [-0.39, 0.29) is 11.8 Å². The molecule has 0 unspecified atom stereocenters. The van der Waals surface area contributed by atoms with Crippen molar-refractivity contribution in [2.45, 2.75) is 33.2 Å². The maximum Gasteiger partial charge on any atom is 0.249 e. The fraction of sp³-hybridized carbons (Fsp3) is 0.467. The average molecular weight is 278 g/mol. The van der Waals surface area contributed by atoms with Crippen LogP contribution in [0.3, 0.4) is 0 Å². The lowest BCUT2D eigenvalue weighted by Crippen LogP contribution is -2.57. The molecule has 1 atom stereocenters. The maximum absolute atomic E-state index is 13.9. The third kappa shape index (κ3) is 2.53. The smallest absolute Gasteiger partial charge is 0.249 e. The van der Waals surface area contributed by atoms with Crippen LogP contribution in [-0.2, 0) is 9.59 Å². The van der Waals surface area contributed by atoms with E-state index >= 15 is 0 Å². The summed E-state index contributed by atoms with van der Waals surface area (Å²) in [5.74, 6) is -0.691. The summed E-state index contributed by atoms with van der Waals surface area (Å²) in [5, 5.41) is 0. The summed E-state index contributed by atoms with van der Waals surface area (Å²) in [6.45, 7) is 6.08. The number of hydrogen-bond acceptors (Lipinski definition) is 2. The van der Waals surface area contributed by atoms with Crippen LogP contribution in [0, 0.1) is 12.7 Å². The Hall–Kier alpha value is -1.91. The van der Waals surface area contributed by atoms with Gasteiger partial charge in [0.15, 0.2) is 0 Å². The number of aryl methyl sites for hydroxylation is 1.